The summed E-state index contributed by atoms with van der Waals surface area (Å²) in [4.78, 5) is 15.3. The number of amides is 1. The van der Waals surface area contributed by atoms with Crippen LogP contribution in [-0.4, -0.2) is 29.4 Å². The molecule has 2 fully saturated rings. The van der Waals surface area contributed by atoms with Gasteiger partial charge < -0.3 is 5.32 Å². The molecule has 3 atom stereocenters. The molecule has 1 amide bonds. The summed E-state index contributed by atoms with van der Waals surface area (Å²) in [6.45, 7) is 7.37. The number of nitrogens with one attached hydrogen (secondary N) is 1. The van der Waals surface area contributed by atoms with Crippen LogP contribution >= 0.6 is 12.4 Å². The summed E-state index contributed by atoms with van der Waals surface area (Å²) in [5.74, 6) is 0.763. The fourth-order valence-electron chi connectivity index (χ4n) is 4.23. The average molecular weight is 323 g/mol. The van der Waals surface area contributed by atoms with Gasteiger partial charge in [-0.3, -0.25) is 9.69 Å². The van der Waals surface area contributed by atoms with Crippen LogP contribution in [0, 0.1) is 19.8 Å². The van der Waals surface area contributed by atoms with Gasteiger partial charge in [-0.15, -0.1) is 12.4 Å². The summed E-state index contributed by atoms with van der Waals surface area (Å²) in [5.41, 5.74) is 3.30. The first-order chi connectivity index (χ1) is 10.1. The van der Waals surface area contributed by atoms with E-state index in [1.807, 2.05) is 6.07 Å². The molecule has 1 aliphatic heterocycles. The summed E-state index contributed by atoms with van der Waals surface area (Å²) in [7, 11) is 0. The van der Waals surface area contributed by atoms with Gasteiger partial charge in [0.25, 0.3) is 0 Å². The number of hydrogen-bond acceptors (Lipinski definition) is 2. The summed E-state index contributed by atoms with van der Waals surface area (Å²) >= 11 is 0. The molecule has 0 unspecified atom stereocenters. The van der Waals surface area contributed by atoms with Crippen LogP contribution in [0.3, 0.4) is 0 Å². The highest BCUT2D eigenvalue weighted by molar-refractivity contribution is 5.96. The van der Waals surface area contributed by atoms with Crippen molar-refractivity contribution in [1.82, 2.24) is 4.90 Å². The zero-order valence-electron chi connectivity index (χ0n) is 13.8. The number of nitrogens with zero attached hydrogens (tertiary/aromatic N) is 1. The minimum absolute atomic E-state index is 0. The van der Waals surface area contributed by atoms with Crippen molar-refractivity contribution in [2.45, 2.75) is 58.5 Å². The normalized spacial score (nSPS) is 26.8. The van der Waals surface area contributed by atoms with Crippen LogP contribution in [0.25, 0.3) is 0 Å². The van der Waals surface area contributed by atoms with E-state index in [9.17, 15) is 4.79 Å². The van der Waals surface area contributed by atoms with E-state index in [1.165, 1.54) is 19.3 Å². The van der Waals surface area contributed by atoms with Crippen molar-refractivity contribution in [2.24, 2.45) is 5.92 Å². The molecule has 0 spiro atoms. The Balaban J connectivity index is 0.00000176. The van der Waals surface area contributed by atoms with E-state index >= 15 is 0 Å². The van der Waals surface area contributed by atoms with Gasteiger partial charge in [-0.25, -0.2) is 0 Å². The van der Waals surface area contributed by atoms with Gasteiger partial charge in [-0.1, -0.05) is 25.1 Å². The van der Waals surface area contributed by atoms with Gasteiger partial charge in [0, 0.05) is 11.7 Å². The van der Waals surface area contributed by atoms with Gasteiger partial charge in [-0.2, -0.15) is 0 Å². The fraction of sp³-hybridized carbons (Fsp3) is 0.611. The Bertz CT molecular complexity index is 526. The number of piperidine rings is 1. The number of rotatable bonds is 4. The minimum Gasteiger partial charge on any atom is -0.324 e. The smallest absolute Gasteiger partial charge is 0.242 e. The van der Waals surface area contributed by atoms with Crippen molar-refractivity contribution in [1.29, 1.82) is 0 Å². The van der Waals surface area contributed by atoms with Gasteiger partial charge in [0.15, 0.2) is 0 Å². The third-order valence-corrected chi connectivity index (χ3v) is 5.20. The van der Waals surface area contributed by atoms with Crippen molar-refractivity contribution >= 4 is 24.0 Å². The Morgan fingerprint density at radius 3 is 2.59 bits per heavy atom. The first-order valence-corrected chi connectivity index (χ1v) is 8.24. The lowest BCUT2D eigenvalue weighted by Gasteiger charge is -2.34. The zero-order valence-corrected chi connectivity index (χ0v) is 14.6. The quantitative estimate of drug-likeness (QED) is 0.911. The lowest BCUT2D eigenvalue weighted by Crippen LogP contribution is -2.48. The summed E-state index contributed by atoms with van der Waals surface area (Å²) in [6.07, 6.45) is 4.83. The molecule has 122 valence electrons. The molecule has 3 nitrogen and oxygen atoms in total. The second kappa shape index (κ2) is 7.01. The predicted molar refractivity (Wildman–Crippen MR) is 93.7 cm³/mol. The molecule has 0 aromatic heterocycles. The third kappa shape index (κ3) is 3.02. The van der Waals surface area contributed by atoms with Crippen LogP contribution in [0.1, 0.15) is 43.7 Å². The zero-order chi connectivity index (χ0) is 15.0. The van der Waals surface area contributed by atoms with E-state index in [0.29, 0.717) is 12.0 Å². The van der Waals surface area contributed by atoms with Crippen LogP contribution in [-0.2, 0) is 4.79 Å². The van der Waals surface area contributed by atoms with Gasteiger partial charge >= 0.3 is 0 Å². The van der Waals surface area contributed by atoms with E-state index in [0.717, 1.165) is 29.8 Å². The molecule has 1 heterocycles. The summed E-state index contributed by atoms with van der Waals surface area (Å²) in [5, 5.41) is 3.21. The van der Waals surface area contributed by atoms with Crippen LogP contribution in [0.5, 0.6) is 0 Å². The lowest BCUT2D eigenvalue weighted by molar-refractivity contribution is -0.122. The maximum atomic E-state index is 12.8. The monoisotopic (exact) mass is 322 g/mol. The topological polar surface area (TPSA) is 32.3 Å². The van der Waals surface area contributed by atoms with E-state index in [2.05, 4.69) is 43.1 Å². The number of halogens is 1. The summed E-state index contributed by atoms with van der Waals surface area (Å²) in [6, 6.07) is 6.90. The average Bonchev–Trinajstić information content (AvgIpc) is 3.04. The Morgan fingerprint density at radius 2 is 1.95 bits per heavy atom. The van der Waals surface area contributed by atoms with E-state index in [1.54, 1.807) is 0 Å². The molecule has 2 aliphatic rings. The van der Waals surface area contributed by atoms with Crippen molar-refractivity contribution < 1.29 is 4.79 Å². The Labute approximate surface area is 139 Å². The van der Waals surface area contributed by atoms with Gasteiger partial charge in [0.2, 0.25) is 5.91 Å². The first kappa shape index (κ1) is 17.3. The third-order valence-electron chi connectivity index (χ3n) is 5.20. The number of carbonyl (C=O) groups excluding carboxylic acids is 1. The predicted octanol–water partition coefficient (Wildman–Crippen LogP) is 3.93. The molecular formula is C18H27ClN2O. The van der Waals surface area contributed by atoms with Gasteiger partial charge in [0.05, 0.1) is 6.04 Å². The van der Waals surface area contributed by atoms with Crippen LogP contribution < -0.4 is 5.32 Å². The highest BCUT2D eigenvalue weighted by atomic mass is 35.5. The summed E-state index contributed by atoms with van der Waals surface area (Å²) < 4.78 is 0. The SMILES string of the molecule is CCCN1[C@@H]2CC[C@@H](C2)[C@H]1C(=O)Nc1c(C)cccc1C.Cl. The van der Waals surface area contributed by atoms with E-state index < -0.39 is 0 Å². The van der Waals surface area contributed by atoms with Crippen molar-refractivity contribution in [3.05, 3.63) is 29.3 Å². The molecule has 22 heavy (non-hydrogen) atoms. The molecular weight excluding hydrogens is 296 g/mol. The number of para-hydroxylation sites is 1. The Kier molecular flexibility index (Phi) is 5.51. The number of hydrogen-bond donors (Lipinski definition) is 1. The number of benzene rings is 1. The number of likely N-dealkylation sites (tertiary alicyclic amines) is 1. The molecule has 1 aliphatic carbocycles. The number of fused-ring (bicyclic) bond motifs is 2. The molecule has 4 heteroatoms. The largest absolute Gasteiger partial charge is 0.324 e. The maximum Gasteiger partial charge on any atom is 0.242 e. The standard InChI is InChI=1S/C18H26N2O.ClH/c1-4-10-20-15-9-8-14(11-15)17(20)18(21)19-16-12(2)6-5-7-13(16)3;/h5-7,14-15,17H,4,8-11H2,1-3H3,(H,19,21);1H/t14-,15+,17-;/m0./s1. The number of aryl methyl sites for hydroxylation is 2. The molecule has 1 saturated heterocycles. The van der Waals surface area contributed by atoms with Crippen molar-refractivity contribution in [3.63, 3.8) is 0 Å². The molecule has 3 rings (SSSR count). The fourth-order valence-corrected chi connectivity index (χ4v) is 4.23. The molecule has 2 bridgehead atoms. The Morgan fingerprint density at radius 1 is 1.27 bits per heavy atom. The molecule has 1 saturated carbocycles. The van der Waals surface area contributed by atoms with Crippen molar-refractivity contribution in [3.8, 4) is 0 Å². The second-order valence-corrected chi connectivity index (χ2v) is 6.67. The van der Waals surface area contributed by atoms with Gasteiger partial charge in [-0.05, 0) is 63.1 Å². The number of carbonyl (C=O) groups is 1. The first-order valence-electron chi connectivity index (χ1n) is 8.24. The second-order valence-electron chi connectivity index (χ2n) is 6.67. The van der Waals surface area contributed by atoms with E-state index in [-0.39, 0.29) is 24.4 Å². The van der Waals surface area contributed by atoms with Gasteiger partial charge in [0.1, 0.15) is 0 Å². The maximum absolute atomic E-state index is 12.8. The molecule has 1 N–H and O–H groups in total. The molecule has 1 aromatic rings. The van der Waals surface area contributed by atoms with E-state index in [4.69, 9.17) is 0 Å². The highest BCUT2D eigenvalue weighted by Crippen LogP contribution is 2.42. The molecule has 1 aromatic carbocycles. The van der Waals surface area contributed by atoms with Crippen LogP contribution in [0.2, 0.25) is 0 Å². The minimum atomic E-state index is 0. The highest BCUT2D eigenvalue weighted by Gasteiger charge is 2.48. The van der Waals surface area contributed by atoms with Crippen LogP contribution in [0.4, 0.5) is 5.69 Å². The van der Waals surface area contributed by atoms with Crippen LogP contribution in [0.15, 0.2) is 18.2 Å². The van der Waals surface area contributed by atoms with Crippen molar-refractivity contribution in [2.75, 3.05) is 11.9 Å². The lowest BCUT2D eigenvalue weighted by atomic mass is 9.97. The number of anilines is 1. The Hall–Kier alpha value is -1.06. The molecule has 0 radical (unpaired) electrons.